The summed E-state index contributed by atoms with van der Waals surface area (Å²) >= 11 is 11.1. The Morgan fingerprint density at radius 3 is 2.57 bits per heavy atom. The highest BCUT2D eigenvalue weighted by atomic mass is 35.5. The summed E-state index contributed by atoms with van der Waals surface area (Å²) in [5.41, 5.74) is 4.63. The zero-order chi connectivity index (χ0) is 16.8. The number of hydrogen-bond donors (Lipinski definition) is 3. The van der Waals surface area contributed by atoms with Crippen LogP contribution in [0, 0.1) is 0 Å². The van der Waals surface area contributed by atoms with Gasteiger partial charge in [0.2, 0.25) is 0 Å². The predicted octanol–water partition coefficient (Wildman–Crippen LogP) is 3.76. The van der Waals surface area contributed by atoms with E-state index in [0.717, 1.165) is 11.4 Å². The van der Waals surface area contributed by atoms with E-state index < -0.39 is 0 Å². The van der Waals surface area contributed by atoms with Gasteiger partial charge in [-0.05, 0) is 61.6 Å². The molecule has 0 heterocycles. The molecule has 2 aromatic rings. The standard InChI is InChI=1S/C16H16ClN3O2S/c1-10(14-9-11(17)3-8-15(14)21)19-20-16(23)18-12-4-6-13(22-2)7-5-12/h3-9,21H,1-2H3,(H2,18,20,23)/b19-10+. The molecule has 7 heteroatoms. The topological polar surface area (TPSA) is 65.9 Å². The number of hydrogen-bond acceptors (Lipinski definition) is 4. The molecule has 0 unspecified atom stereocenters. The number of aromatic hydroxyl groups is 1. The van der Waals surface area contributed by atoms with E-state index in [-0.39, 0.29) is 5.75 Å². The monoisotopic (exact) mass is 349 g/mol. The number of anilines is 1. The van der Waals surface area contributed by atoms with Gasteiger partial charge in [0.25, 0.3) is 0 Å². The van der Waals surface area contributed by atoms with Crippen molar-refractivity contribution >= 4 is 40.3 Å². The number of methoxy groups -OCH3 is 1. The zero-order valence-corrected chi connectivity index (χ0v) is 14.2. The highest BCUT2D eigenvalue weighted by Gasteiger charge is 2.06. The Morgan fingerprint density at radius 2 is 1.91 bits per heavy atom. The van der Waals surface area contributed by atoms with Gasteiger partial charge in [0.15, 0.2) is 5.11 Å². The summed E-state index contributed by atoms with van der Waals surface area (Å²) in [6, 6.07) is 12.1. The van der Waals surface area contributed by atoms with Gasteiger partial charge < -0.3 is 15.2 Å². The Bertz CT molecular complexity index is 733. The summed E-state index contributed by atoms with van der Waals surface area (Å²) in [5.74, 6) is 0.867. The molecule has 2 aromatic carbocycles. The van der Waals surface area contributed by atoms with Crippen LogP contribution >= 0.6 is 23.8 Å². The van der Waals surface area contributed by atoms with Crippen molar-refractivity contribution in [2.45, 2.75) is 6.92 Å². The summed E-state index contributed by atoms with van der Waals surface area (Å²) in [7, 11) is 1.61. The first kappa shape index (κ1) is 17.1. The number of benzene rings is 2. The molecule has 2 rings (SSSR count). The summed E-state index contributed by atoms with van der Waals surface area (Å²) in [6.45, 7) is 1.74. The van der Waals surface area contributed by atoms with E-state index in [1.807, 2.05) is 24.3 Å². The number of halogens is 1. The zero-order valence-electron chi connectivity index (χ0n) is 12.6. The molecule has 0 atom stereocenters. The largest absolute Gasteiger partial charge is 0.507 e. The van der Waals surface area contributed by atoms with Crippen molar-refractivity contribution < 1.29 is 9.84 Å². The van der Waals surface area contributed by atoms with Gasteiger partial charge in [-0.2, -0.15) is 5.10 Å². The SMILES string of the molecule is COc1ccc(NC(=S)N/N=C(\C)c2cc(Cl)ccc2O)cc1. The number of phenols is 1. The van der Waals surface area contributed by atoms with Crippen LogP contribution in [-0.2, 0) is 0 Å². The highest BCUT2D eigenvalue weighted by Crippen LogP contribution is 2.22. The third-order valence-corrected chi connectivity index (χ3v) is 3.45. The maximum Gasteiger partial charge on any atom is 0.191 e. The number of thiocarbonyl (C=S) groups is 1. The molecular weight excluding hydrogens is 334 g/mol. The van der Waals surface area contributed by atoms with Crippen LogP contribution in [0.15, 0.2) is 47.6 Å². The number of rotatable bonds is 4. The predicted molar refractivity (Wildman–Crippen MR) is 97.7 cm³/mol. The lowest BCUT2D eigenvalue weighted by molar-refractivity contribution is 0.415. The molecule has 0 amide bonds. The summed E-state index contributed by atoms with van der Waals surface area (Å²) in [6.07, 6.45) is 0. The van der Waals surface area contributed by atoms with Gasteiger partial charge in [-0.25, -0.2) is 0 Å². The van der Waals surface area contributed by atoms with E-state index in [0.29, 0.717) is 21.4 Å². The maximum atomic E-state index is 9.83. The van der Waals surface area contributed by atoms with Gasteiger partial charge in [-0.1, -0.05) is 11.6 Å². The number of nitrogens with zero attached hydrogens (tertiary/aromatic N) is 1. The number of nitrogens with one attached hydrogen (secondary N) is 2. The first-order chi connectivity index (χ1) is 11.0. The summed E-state index contributed by atoms with van der Waals surface area (Å²) in [5, 5.41) is 17.8. The molecule has 0 aliphatic carbocycles. The second-order valence-corrected chi connectivity index (χ2v) is 5.50. The van der Waals surface area contributed by atoms with E-state index in [2.05, 4.69) is 15.8 Å². The summed E-state index contributed by atoms with van der Waals surface area (Å²) in [4.78, 5) is 0. The Kier molecular flexibility index (Phi) is 5.78. The second-order valence-electron chi connectivity index (χ2n) is 4.65. The van der Waals surface area contributed by atoms with Gasteiger partial charge in [-0.3, -0.25) is 5.43 Å². The Morgan fingerprint density at radius 1 is 1.22 bits per heavy atom. The van der Waals surface area contributed by atoms with Crippen molar-refractivity contribution in [2.75, 3.05) is 12.4 Å². The van der Waals surface area contributed by atoms with E-state index in [9.17, 15) is 5.11 Å². The minimum atomic E-state index is 0.103. The normalized spacial score (nSPS) is 11.0. The molecule has 0 bridgehead atoms. The van der Waals surface area contributed by atoms with E-state index in [1.54, 1.807) is 26.2 Å². The molecule has 0 spiro atoms. The average molecular weight is 350 g/mol. The van der Waals surface area contributed by atoms with Crippen molar-refractivity contribution in [3.63, 3.8) is 0 Å². The van der Waals surface area contributed by atoms with Crippen molar-refractivity contribution in [1.29, 1.82) is 0 Å². The Hall–Kier alpha value is -2.31. The first-order valence-electron chi connectivity index (χ1n) is 6.74. The van der Waals surface area contributed by atoms with Crippen molar-refractivity contribution in [2.24, 2.45) is 5.10 Å². The van der Waals surface area contributed by atoms with Crippen LogP contribution in [0.3, 0.4) is 0 Å². The Balaban J connectivity index is 2.00. The van der Waals surface area contributed by atoms with Crippen LogP contribution < -0.4 is 15.5 Å². The molecule has 0 aliphatic heterocycles. The van der Waals surface area contributed by atoms with Crippen LogP contribution in [-0.4, -0.2) is 23.0 Å². The van der Waals surface area contributed by atoms with E-state index >= 15 is 0 Å². The lowest BCUT2D eigenvalue weighted by atomic mass is 10.1. The quantitative estimate of drug-likeness (QED) is 0.445. The van der Waals surface area contributed by atoms with Crippen LogP contribution in [0.4, 0.5) is 5.69 Å². The fourth-order valence-electron chi connectivity index (χ4n) is 1.83. The minimum Gasteiger partial charge on any atom is -0.507 e. The molecule has 3 N–H and O–H groups in total. The van der Waals surface area contributed by atoms with E-state index in [1.165, 1.54) is 6.07 Å². The molecule has 0 aromatic heterocycles. The smallest absolute Gasteiger partial charge is 0.191 e. The van der Waals surface area contributed by atoms with Crippen molar-refractivity contribution in [1.82, 2.24) is 5.43 Å². The highest BCUT2D eigenvalue weighted by molar-refractivity contribution is 7.80. The lowest BCUT2D eigenvalue weighted by Crippen LogP contribution is -2.24. The van der Waals surface area contributed by atoms with Gasteiger partial charge in [0.05, 0.1) is 12.8 Å². The fourth-order valence-corrected chi connectivity index (χ4v) is 2.16. The van der Waals surface area contributed by atoms with Crippen molar-refractivity contribution in [3.05, 3.63) is 53.1 Å². The molecule has 0 saturated heterocycles. The molecule has 120 valence electrons. The molecular formula is C16H16ClN3O2S. The maximum absolute atomic E-state index is 9.83. The first-order valence-corrected chi connectivity index (χ1v) is 7.52. The third kappa shape index (κ3) is 4.84. The number of hydrazone groups is 1. The average Bonchev–Trinajstić information content (AvgIpc) is 2.55. The molecule has 0 saturated carbocycles. The Labute approximate surface area is 144 Å². The van der Waals surface area contributed by atoms with Gasteiger partial charge >= 0.3 is 0 Å². The third-order valence-electron chi connectivity index (χ3n) is 3.02. The number of phenolic OH excluding ortho intramolecular Hbond substituents is 1. The van der Waals surface area contributed by atoms with Crippen LogP contribution in [0.1, 0.15) is 12.5 Å². The molecule has 0 fully saturated rings. The van der Waals surface area contributed by atoms with Crippen LogP contribution in [0.2, 0.25) is 5.02 Å². The number of ether oxygens (including phenoxy) is 1. The molecule has 0 radical (unpaired) electrons. The summed E-state index contributed by atoms with van der Waals surface area (Å²) < 4.78 is 5.09. The van der Waals surface area contributed by atoms with Gasteiger partial charge in [0, 0.05) is 16.3 Å². The minimum absolute atomic E-state index is 0.103. The van der Waals surface area contributed by atoms with E-state index in [4.69, 9.17) is 28.6 Å². The second kappa shape index (κ2) is 7.80. The van der Waals surface area contributed by atoms with Crippen LogP contribution in [0.5, 0.6) is 11.5 Å². The lowest BCUT2D eigenvalue weighted by Gasteiger charge is -2.09. The fraction of sp³-hybridized carbons (Fsp3) is 0.125. The molecule has 23 heavy (non-hydrogen) atoms. The molecule has 5 nitrogen and oxygen atoms in total. The van der Waals surface area contributed by atoms with Crippen LogP contribution in [0.25, 0.3) is 0 Å². The van der Waals surface area contributed by atoms with Crippen molar-refractivity contribution in [3.8, 4) is 11.5 Å². The van der Waals surface area contributed by atoms with Gasteiger partial charge in [0.1, 0.15) is 11.5 Å². The molecule has 0 aliphatic rings. The van der Waals surface area contributed by atoms with Gasteiger partial charge in [-0.15, -0.1) is 0 Å².